The molecule has 4 nitrogen and oxygen atoms in total. The molecule has 0 bridgehead atoms. The Balaban J connectivity index is 2.39. The van der Waals surface area contributed by atoms with Gasteiger partial charge in [-0.3, -0.25) is 0 Å². The zero-order valence-corrected chi connectivity index (χ0v) is 8.44. The van der Waals surface area contributed by atoms with Crippen LogP contribution in [0.25, 0.3) is 0 Å². The van der Waals surface area contributed by atoms with Gasteiger partial charge in [-0.2, -0.15) is 0 Å². The molecular weight excluding hydrogens is 194 g/mol. The van der Waals surface area contributed by atoms with E-state index >= 15 is 0 Å². The highest BCUT2D eigenvalue weighted by molar-refractivity contribution is 5.64. The van der Waals surface area contributed by atoms with Crippen LogP contribution in [0.3, 0.4) is 0 Å². The van der Waals surface area contributed by atoms with Crippen LogP contribution in [0.1, 0.15) is 11.1 Å². The predicted molar refractivity (Wildman–Crippen MR) is 57.0 cm³/mol. The maximum absolute atomic E-state index is 10.2. The zero-order chi connectivity index (χ0) is 11.1. The van der Waals surface area contributed by atoms with E-state index in [1.807, 2.05) is 24.3 Å². The van der Waals surface area contributed by atoms with Gasteiger partial charge in [-0.15, -0.1) is 0 Å². The molecule has 15 heavy (non-hydrogen) atoms. The maximum Gasteiger partial charge on any atom is 0.404 e. The van der Waals surface area contributed by atoms with E-state index in [0.717, 1.165) is 11.1 Å². The van der Waals surface area contributed by atoms with Gasteiger partial charge in [-0.05, 0) is 24.0 Å². The number of rotatable bonds is 5. The third-order valence-corrected chi connectivity index (χ3v) is 2.11. The summed E-state index contributed by atoms with van der Waals surface area (Å²) in [6.07, 6.45) is 0.353. The Kier molecular flexibility index (Phi) is 4.63. The summed E-state index contributed by atoms with van der Waals surface area (Å²) in [4.78, 5) is 10.2. The second kappa shape index (κ2) is 6.03. The minimum Gasteiger partial charge on any atom is -0.465 e. The molecule has 1 amide bonds. The number of carboxylic acid groups (broad SMARTS) is 1. The minimum atomic E-state index is -0.994. The molecule has 0 aliphatic rings. The van der Waals surface area contributed by atoms with Gasteiger partial charge in [-0.1, -0.05) is 24.3 Å². The van der Waals surface area contributed by atoms with Gasteiger partial charge in [0.2, 0.25) is 0 Å². The molecule has 4 heteroatoms. The van der Waals surface area contributed by atoms with E-state index in [1.54, 1.807) is 0 Å². The molecule has 0 saturated carbocycles. The topological polar surface area (TPSA) is 69.6 Å². The van der Waals surface area contributed by atoms with Gasteiger partial charge >= 0.3 is 6.09 Å². The Morgan fingerprint density at radius 3 is 2.13 bits per heavy atom. The normalized spacial score (nSPS) is 9.93. The lowest BCUT2D eigenvalue weighted by atomic mass is 10.1. The van der Waals surface area contributed by atoms with Gasteiger partial charge in [0.25, 0.3) is 0 Å². The van der Waals surface area contributed by atoms with Gasteiger partial charge in [0.15, 0.2) is 0 Å². The largest absolute Gasteiger partial charge is 0.465 e. The van der Waals surface area contributed by atoms with Crippen molar-refractivity contribution in [2.45, 2.75) is 12.8 Å². The van der Waals surface area contributed by atoms with Crippen molar-refractivity contribution in [2.75, 3.05) is 13.2 Å². The zero-order valence-electron chi connectivity index (χ0n) is 8.44. The van der Waals surface area contributed by atoms with Crippen LogP contribution in [0, 0.1) is 0 Å². The molecule has 0 heterocycles. The Morgan fingerprint density at radius 1 is 1.13 bits per heavy atom. The van der Waals surface area contributed by atoms with Gasteiger partial charge < -0.3 is 15.5 Å². The van der Waals surface area contributed by atoms with Crippen molar-refractivity contribution in [2.24, 2.45) is 0 Å². The Morgan fingerprint density at radius 2 is 1.67 bits per heavy atom. The van der Waals surface area contributed by atoms with Gasteiger partial charge in [0, 0.05) is 13.2 Å². The molecule has 0 atom stereocenters. The van der Waals surface area contributed by atoms with E-state index in [1.165, 1.54) is 0 Å². The Bertz CT molecular complexity index is 308. The van der Waals surface area contributed by atoms with Gasteiger partial charge in [0.1, 0.15) is 0 Å². The third-order valence-electron chi connectivity index (χ3n) is 2.11. The van der Waals surface area contributed by atoms with E-state index in [0.29, 0.717) is 19.4 Å². The second-order valence-electron chi connectivity index (χ2n) is 3.27. The van der Waals surface area contributed by atoms with Gasteiger partial charge in [-0.25, -0.2) is 4.79 Å². The summed E-state index contributed by atoms with van der Waals surface area (Å²) in [5.74, 6) is 0. The smallest absolute Gasteiger partial charge is 0.404 e. The van der Waals surface area contributed by atoms with E-state index in [4.69, 9.17) is 10.2 Å². The lowest BCUT2D eigenvalue weighted by molar-refractivity contribution is 0.194. The van der Waals surface area contributed by atoms with Crippen molar-refractivity contribution in [3.05, 3.63) is 35.4 Å². The number of amides is 1. The lowest BCUT2D eigenvalue weighted by Gasteiger charge is -2.03. The summed E-state index contributed by atoms with van der Waals surface area (Å²) in [7, 11) is 0. The van der Waals surface area contributed by atoms with E-state index in [2.05, 4.69) is 5.32 Å². The highest BCUT2D eigenvalue weighted by Crippen LogP contribution is 2.05. The predicted octanol–water partition coefficient (Wildman–Crippen LogP) is 1.03. The fourth-order valence-corrected chi connectivity index (χ4v) is 1.32. The summed E-state index contributed by atoms with van der Waals surface area (Å²) >= 11 is 0. The van der Waals surface area contributed by atoms with Crippen molar-refractivity contribution in [1.29, 1.82) is 0 Å². The SMILES string of the molecule is O=C(O)NCCc1ccc(CCO)cc1. The molecule has 0 aliphatic carbocycles. The summed E-state index contributed by atoms with van der Waals surface area (Å²) in [6.45, 7) is 0.578. The lowest BCUT2D eigenvalue weighted by Crippen LogP contribution is -2.23. The molecule has 82 valence electrons. The fraction of sp³-hybridized carbons (Fsp3) is 0.364. The van der Waals surface area contributed by atoms with Crippen LogP contribution >= 0.6 is 0 Å². The summed E-state index contributed by atoms with van der Waals surface area (Å²) < 4.78 is 0. The van der Waals surface area contributed by atoms with Crippen LogP contribution in [-0.2, 0) is 12.8 Å². The van der Waals surface area contributed by atoms with Crippen LogP contribution in [-0.4, -0.2) is 29.5 Å². The summed E-state index contributed by atoms with van der Waals surface area (Å²) in [6, 6.07) is 7.81. The second-order valence-corrected chi connectivity index (χ2v) is 3.27. The average molecular weight is 209 g/mol. The number of aliphatic hydroxyl groups excluding tert-OH is 1. The Hall–Kier alpha value is -1.55. The van der Waals surface area contributed by atoms with Crippen molar-refractivity contribution < 1.29 is 15.0 Å². The fourth-order valence-electron chi connectivity index (χ4n) is 1.32. The number of carbonyl (C=O) groups is 1. The number of hydrogen-bond donors (Lipinski definition) is 3. The molecule has 3 N–H and O–H groups in total. The number of nitrogens with one attached hydrogen (secondary N) is 1. The Labute approximate surface area is 88.6 Å². The van der Waals surface area contributed by atoms with E-state index in [9.17, 15) is 4.79 Å². The van der Waals surface area contributed by atoms with Crippen molar-refractivity contribution in [1.82, 2.24) is 5.32 Å². The third kappa shape index (κ3) is 4.46. The number of aliphatic hydroxyl groups is 1. The number of hydrogen-bond acceptors (Lipinski definition) is 2. The molecule has 0 fully saturated rings. The summed E-state index contributed by atoms with van der Waals surface area (Å²) in [5.41, 5.74) is 2.18. The monoisotopic (exact) mass is 209 g/mol. The molecule has 1 rings (SSSR count). The molecule has 1 aromatic carbocycles. The highest BCUT2D eigenvalue weighted by Gasteiger charge is 1.96. The maximum atomic E-state index is 10.2. The first-order chi connectivity index (χ1) is 7.22. The molecule has 0 spiro atoms. The first kappa shape index (κ1) is 11.5. The molecule has 0 unspecified atom stereocenters. The quantitative estimate of drug-likeness (QED) is 0.678. The first-order valence-electron chi connectivity index (χ1n) is 4.88. The molecular formula is C11H15NO3. The minimum absolute atomic E-state index is 0.153. The molecule has 0 radical (unpaired) electrons. The van der Waals surface area contributed by atoms with E-state index in [-0.39, 0.29) is 6.61 Å². The van der Waals surface area contributed by atoms with Crippen LogP contribution in [0.15, 0.2) is 24.3 Å². The molecule has 0 aliphatic heterocycles. The number of benzene rings is 1. The average Bonchev–Trinajstić information content (AvgIpc) is 2.20. The standard InChI is InChI=1S/C11H15NO3/c13-8-6-10-3-1-9(2-4-10)5-7-12-11(14)15/h1-4,12-13H,5-8H2,(H,14,15). The van der Waals surface area contributed by atoms with E-state index < -0.39 is 6.09 Å². The highest BCUT2D eigenvalue weighted by atomic mass is 16.4. The first-order valence-corrected chi connectivity index (χ1v) is 4.88. The molecule has 1 aromatic rings. The van der Waals surface area contributed by atoms with Gasteiger partial charge in [0.05, 0.1) is 0 Å². The van der Waals surface area contributed by atoms with Crippen LogP contribution in [0.5, 0.6) is 0 Å². The van der Waals surface area contributed by atoms with Crippen molar-refractivity contribution in [3.63, 3.8) is 0 Å². The summed E-state index contributed by atoms with van der Waals surface area (Å²) in [5, 5.41) is 19.4. The van der Waals surface area contributed by atoms with Crippen molar-refractivity contribution >= 4 is 6.09 Å². The molecule has 0 aromatic heterocycles. The van der Waals surface area contributed by atoms with Crippen LogP contribution in [0.4, 0.5) is 4.79 Å². The van der Waals surface area contributed by atoms with Crippen LogP contribution in [0.2, 0.25) is 0 Å². The van der Waals surface area contributed by atoms with Crippen molar-refractivity contribution in [3.8, 4) is 0 Å². The van der Waals surface area contributed by atoms with Crippen LogP contribution < -0.4 is 5.32 Å². The molecule has 0 saturated heterocycles.